The Morgan fingerprint density at radius 3 is 2.59 bits per heavy atom. The summed E-state index contributed by atoms with van der Waals surface area (Å²) in [6, 6.07) is 18.6. The van der Waals surface area contributed by atoms with Crippen LogP contribution in [-0.4, -0.2) is 15.9 Å². The molecule has 4 aromatic rings. The summed E-state index contributed by atoms with van der Waals surface area (Å²) in [4.78, 5) is 17.6. The van der Waals surface area contributed by atoms with Crippen molar-refractivity contribution < 1.29 is 4.74 Å². The van der Waals surface area contributed by atoms with Gasteiger partial charge in [-0.15, -0.1) is 0 Å². The van der Waals surface area contributed by atoms with E-state index in [4.69, 9.17) is 16.3 Å². The molecular formula is C24H18Br2ClN3O2. The first-order chi connectivity index (χ1) is 15.4. The summed E-state index contributed by atoms with van der Waals surface area (Å²) in [7, 11) is 0. The van der Waals surface area contributed by atoms with Gasteiger partial charge in [0, 0.05) is 15.9 Å². The molecule has 0 aliphatic carbocycles. The van der Waals surface area contributed by atoms with Crippen LogP contribution in [0.1, 0.15) is 23.9 Å². The number of aromatic nitrogens is 2. The highest BCUT2D eigenvalue weighted by Crippen LogP contribution is 2.26. The lowest BCUT2D eigenvalue weighted by Gasteiger charge is -2.10. The first kappa shape index (κ1) is 22.7. The van der Waals surface area contributed by atoms with Crippen LogP contribution < -0.4 is 10.3 Å². The third kappa shape index (κ3) is 5.11. The van der Waals surface area contributed by atoms with Gasteiger partial charge in [0.25, 0.3) is 5.56 Å². The molecular weight excluding hydrogens is 558 g/mol. The molecule has 0 aliphatic rings. The maximum atomic E-state index is 13.0. The Balaban J connectivity index is 1.57. The second-order valence-electron chi connectivity index (χ2n) is 7.01. The topological polar surface area (TPSA) is 56.5 Å². The lowest BCUT2D eigenvalue weighted by molar-refractivity contribution is 0.304. The Morgan fingerprint density at radius 1 is 1.09 bits per heavy atom. The van der Waals surface area contributed by atoms with Gasteiger partial charge < -0.3 is 4.74 Å². The molecule has 3 aromatic carbocycles. The van der Waals surface area contributed by atoms with E-state index in [0.29, 0.717) is 40.5 Å². The molecule has 1 aromatic heterocycles. The Bertz CT molecular complexity index is 1370. The van der Waals surface area contributed by atoms with Crippen LogP contribution in [-0.2, 0) is 13.0 Å². The smallest absolute Gasteiger partial charge is 0.282 e. The maximum absolute atomic E-state index is 13.0. The summed E-state index contributed by atoms with van der Waals surface area (Å²) >= 11 is 12.9. The molecule has 0 amide bonds. The number of fused-ring (bicyclic) bond motifs is 1. The molecule has 0 bridgehead atoms. The van der Waals surface area contributed by atoms with Gasteiger partial charge in [0.05, 0.1) is 21.6 Å². The monoisotopic (exact) mass is 573 g/mol. The second-order valence-corrected chi connectivity index (χ2v) is 9.22. The molecule has 8 heteroatoms. The van der Waals surface area contributed by atoms with Gasteiger partial charge in [0.1, 0.15) is 18.2 Å². The predicted molar refractivity (Wildman–Crippen MR) is 136 cm³/mol. The third-order valence-corrected chi connectivity index (χ3v) is 6.14. The molecule has 32 heavy (non-hydrogen) atoms. The first-order valence-corrected chi connectivity index (χ1v) is 11.8. The SMILES string of the molecule is CCc1nc2ccc(Br)cc2c(=O)n1N=Cc1ccc(OCc2ccc(Cl)cc2)c(Br)c1. The lowest BCUT2D eigenvalue weighted by atomic mass is 10.2. The largest absolute Gasteiger partial charge is 0.488 e. The fourth-order valence-electron chi connectivity index (χ4n) is 3.12. The number of ether oxygens (including phenoxy) is 1. The molecule has 0 aliphatic heterocycles. The van der Waals surface area contributed by atoms with Gasteiger partial charge in [-0.1, -0.05) is 46.6 Å². The Hall–Kier alpha value is -2.48. The highest BCUT2D eigenvalue weighted by molar-refractivity contribution is 9.10. The van der Waals surface area contributed by atoms with E-state index in [1.54, 1.807) is 12.3 Å². The fraction of sp³-hybridized carbons (Fsp3) is 0.125. The molecule has 5 nitrogen and oxygen atoms in total. The van der Waals surface area contributed by atoms with E-state index in [1.807, 2.05) is 61.5 Å². The fourth-order valence-corrected chi connectivity index (χ4v) is 4.12. The standard InChI is InChI=1S/C24H18Br2ClN3O2/c1-2-23-29-21-9-6-17(25)12-19(21)24(31)30(23)28-13-16-5-10-22(20(26)11-16)32-14-15-3-7-18(27)8-4-15/h3-13H,2,14H2,1H3. The average Bonchev–Trinajstić information content (AvgIpc) is 2.79. The third-order valence-electron chi connectivity index (χ3n) is 4.78. The summed E-state index contributed by atoms with van der Waals surface area (Å²) in [5.74, 6) is 1.31. The molecule has 0 fully saturated rings. The van der Waals surface area contributed by atoms with Crippen molar-refractivity contribution in [3.8, 4) is 5.75 Å². The molecule has 0 saturated carbocycles. The average molecular weight is 576 g/mol. The summed E-state index contributed by atoms with van der Waals surface area (Å²) < 4.78 is 8.86. The number of hydrogen-bond acceptors (Lipinski definition) is 4. The van der Waals surface area contributed by atoms with Crippen molar-refractivity contribution >= 4 is 60.6 Å². The number of hydrogen-bond donors (Lipinski definition) is 0. The summed E-state index contributed by atoms with van der Waals surface area (Å²) in [6.45, 7) is 2.37. The molecule has 1 heterocycles. The second kappa shape index (κ2) is 9.98. The van der Waals surface area contributed by atoms with Gasteiger partial charge >= 0.3 is 0 Å². The summed E-state index contributed by atoms with van der Waals surface area (Å²) in [5.41, 5.74) is 2.30. The Labute approximate surface area is 207 Å². The lowest BCUT2D eigenvalue weighted by Crippen LogP contribution is -2.22. The van der Waals surface area contributed by atoms with E-state index in [9.17, 15) is 4.79 Å². The predicted octanol–water partition coefficient (Wildman–Crippen LogP) is 6.60. The van der Waals surface area contributed by atoms with Gasteiger partial charge in [0.15, 0.2) is 0 Å². The minimum atomic E-state index is -0.202. The summed E-state index contributed by atoms with van der Waals surface area (Å²) in [6.07, 6.45) is 2.22. The van der Waals surface area contributed by atoms with Crippen molar-refractivity contribution in [3.05, 3.63) is 102 Å². The minimum absolute atomic E-state index is 0.202. The van der Waals surface area contributed by atoms with E-state index >= 15 is 0 Å². The van der Waals surface area contributed by atoms with Crippen LogP contribution in [0.4, 0.5) is 0 Å². The van der Waals surface area contributed by atoms with Crippen molar-refractivity contribution in [1.29, 1.82) is 0 Å². The number of halogens is 3. The van der Waals surface area contributed by atoms with Crippen molar-refractivity contribution in [2.45, 2.75) is 20.0 Å². The Morgan fingerprint density at radius 2 is 1.88 bits per heavy atom. The van der Waals surface area contributed by atoms with Crippen molar-refractivity contribution in [1.82, 2.24) is 9.66 Å². The van der Waals surface area contributed by atoms with Gasteiger partial charge in [-0.25, -0.2) is 4.98 Å². The van der Waals surface area contributed by atoms with Crippen LogP contribution in [0.5, 0.6) is 5.75 Å². The number of aryl methyl sites for hydroxylation is 1. The highest BCUT2D eigenvalue weighted by Gasteiger charge is 2.10. The van der Waals surface area contributed by atoms with Crippen LogP contribution in [0.3, 0.4) is 0 Å². The molecule has 0 radical (unpaired) electrons. The quantitative estimate of drug-likeness (QED) is 0.244. The molecule has 4 rings (SSSR count). The maximum Gasteiger partial charge on any atom is 0.282 e. The zero-order valence-electron chi connectivity index (χ0n) is 17.1. The normalized spacial score (nSPS) is 11.4. The zero-order valence-corrected chi connectivity index (χ0v) is 21.0. The highest BCUT2D eigenvalue weighted by atomic mass is 79.9. The molecule has 0 N–H and O–H groups in total. The van der Waals surface area contributed by atoms with E-state index in [2.05, 4.69) is 41.9 Å². The van der Waals surface area contributed by atoms with E-state index < -0.39 is 0 Å². The number of rotatable bonds is 6. The van der Waals surface area contributed by atoms with E-state index in [1.165, 1.54) is 4.68 Å². The van der Waals surface area contributed by atoms with Gasteiger partial charge in [0.2, 0.25) is 0 Å². The van der Waals surface area contributed by atoms with Gasteiger partial charge in [-0.3, -0.25) is 4.79 Å². The molecule has 0 unspecified atom stereocenters. The van der Waals surface area contributed by atoms with E-state index in [-0.39, 0.29) is 5.56 Å². The van der Waals surface area contributed by atoms with Crippen LogP contribution >= 0.6 is 43.5 Å². The molecule has 0 atom stereocenters. The minimum Gasteiger partial charge on any atom is -0.488 e. The number of nitrogens with zero attached hydrogens (tertiary/aromatic N) is 3. The van der Waals surface area contributed by atoms with Crippen LogP contribution in [0.15, 0.2) is 79.5 Å². The zero-order chi connectivity index (χ0) is 22.7. The van der Waals surface area contributed by atoms with Crippen LogP contribution in [0, 0.1) is 0 Å². The van der Waals surface area contributed by atoms with Gasteiger partial charge in [-0.2, -0.15) is 9.78 Å². The van der Waals surface area contributed by atoms with Crippen molar-refractivity contribution in [3.63, 3.8) is 0 Å². The van der Waals surface area contributed by atoms with Crippen molar-refractivity contribution in [2.24, 2.45) is 5.10 Å². The molecule has 0 saturated heterocycles. The van der Waals surface area contributed by atoms with Crippen LogP contribution in [0.25, 0.3) is 10.9 Å². The molecule has 162 valence electrons. The first-order valence-electron chi connectivity index (χ1n) is 9.87. The van der Waals surface area contributed by atoms with Gasteiger partial charge in [-0.05, 0) is 75.6 Å². The summed E-state index contributed by atoms with van der Waals surface area (Å²) in [5, 5.41) is 5.63. The molecule has 0 spiro atoms. The van der Waals surface area contributed by atoms with E-state index in [0.717, 1.165) is 20.1 Å². The number of benzene rings is 3. The Kier molecular flexibility index (Phi) is 7.08. The van der Waals surface area contributed by atoms with Crippen molar-refractivity contribution in [2.75, 3.05) is 0 Å². The van der Waals surface area contributed by atoms with Crippen LogP contribution in [0.2, 0.25) is 5.02 Å².